The topological polar surface area (TPSA) is 97.2 Å². The molecular weight excluding hydrogens is 354 g/mol. The summed E-state index contributed by atoms with van der Waals surface area (Å²) in [5.41, 5.74) is 1.36. The second kappa shape index (κ2) is 7.46. The molecule has 134 valence electrons. The molecule has 0 aliphatic heterocycles. The van der Waals surface area contributed by atoms with Crippen LogP contribution in [0, 0.1) is 0 Å². The highest BCUT2D eigenvalue weighted by Gasteiger charge is 2.22. The van der Waals surface area contributed by atoms with Gasteiger partial charge in [0.2, 0.25) is 15.9 Å². The second-order valence-electron chi connectivity index (χ2n) is 5.51. The first-order chi connectivity index (χ1) is 12.5. The molecule has 0 fully saturated rings. The number of aromatic nitrogens is 3. The molecule has 0 unspecified atom stereocenters. The molecule has 0 aliphatic rings. The molecule has 0 atom stereocenters. The first-order valence-corrected chi connectivity index (χ1v) is 9.17. The maximum absolute atomic E-state index is 12.4. The third-order valence-corrected chi connectivity index (χ3v) is 5.47. The van der Waals surface area contributed by atoms with Crippen LogP contribution < -0.4 is 5.32 Å². The summed E-state index contributed by atoms with van der Waals surface area (Å²) in [4.78, 5) is 16.2. The number of benzene rings is 2. The SMILES string of the molecule is CN(CC(=O)Nc1ccc(-n2cncn2)cc1)S(=O)(=O)c1ccccc1. The highest BCUT2D eigenvalue weighted by Crippen LogP contribution is 2.15. The van der Waals surface area contributed by atoms with Gasteiger partial charge in [0, 0.05) is 12.7 Å². The van der Waals surface area contributed by atoms with E-state index in [2.05, 4.69) is 15.4 Å². The van der Waals surface area contributed by atoms with Crippen LogP contribution in [0.25, 0.3) is 5.69 Å². The molecule has 3 aromatic rings. The van der Waals surface area contributed by atoms with E-state index in [4.69, 9.17) is 0 Å². The number of hydrogen-bond donors (Lipinski definition) is 1. The normalized spacial score (nSPS) is 11.5. The van der Waals surface area contributed by atoms with Gasteiger partial charge in [-0.25, -0.2) is 18.1 Å². The Hall–Kier alpha value is -3.04. The number of anilines is 1. The maximum atomic E-state index is 12.4. The lowest BCUT2D eigenvalue weighted by molar-refractivity contribution is -0.116. The molecule has 8 nitrogen and oxygen atoms in total. The van der Waals surface area contributed by atoms with Crippen LogP contribution >= 0.6 is 0 Å². The zero-order valence-electron chi connectivity index (χ0n) is 14.0. The lowest BCUT2D eigenvalue weighted by Crippen LogP contribution is -2.34. The molecule has 1 aromatic heterocycles. The van der Waals surface area contributed by atoms with E-state index in [1.165, 1.54) is 25.5 Å². The van der Waals surface area contributed by atoms with Crippen LogP contribution in [0.2, 0.25) is 0 Å². The third-order valence-electron chi connectivity index (χ3n) is 3.65. The lowest BCUT2D eigenvalue weighted by atomic mass is 10.3. The number of amides is 1. The van der Waals surface area contributed by atoms with Crippen molar-refractivity contribution in [1.82, 2.24) is 19.1 Å². The zero-order chi connectivity index (χ0) is 18.6. The second-order valence-corrected chi connectivity index (χ2v) is 7.55. The van der Waals surface area contributed by atoms with Gasteiger partial charge in [-0.05, 0) is 36.4 Å². The van der Waals surface area contributed by atoms with Gasteiger partial charge in [0.05, 0.1) is 17.1 Å². The van der Waals surface area contributed by atoms with Gasteiger partial charge >= 0.3 is 0 Å². The maximum Gasteiger partial charge on any atom is 0.243 e. The summed E-state index contributed by atoms with van der Waals surface area (Å²) in [7, 11) is -2.34. The van der Waals surface area contributed by atoms with Gasteiger partial charge < -0.3 is 5.32 Å². The number of likely N-dealkylation sites (N-methyl/N-ethyl adjacent to an activating group) is 1. The average Bonchev–Trinajstić information content (AvgIpc) is 3.17. The van der Waals surface area contributed by atoms with Crippen LogP contribution in [-0.4, -0.2) is 47.0 Å². The number of rotatable bonds is 6. The minimum atomic E-state index is -3.71. The summed E-state index contributed by atoms with van der Waals surface area (Å²) >= 11 is 0. The van der Waals surface area contributed by atoms with Crippen LogP contribution in [0.5, 0.6) is 0 Å². The Morgan fingerprint density at radius 1 is 1.12 bits per heavy atom. The Balaban J connectivity index is 1.63. The highest BCUT2D eigenvalue weighted by molar-refractivity contribution is 7.89. The van der Waals surface area contributed by atoms with Crippen LogP contribution in [-0.2, 0) is 14.8 Å². The summed E-state index contributed by atoms with van der Waals surface area (Å²) in [6.45, 7) is -0.290. The predicted molar refractivity (Wildman–Crippen MR) is 96.2 cm³/mol. The number of carbonyl (C=O) groups is 1. The minimum absolute atomic E-state index is 0.146. The van der Waals surface area contributed by atoms with Crippen LogP contribution in [0.4, 0.5) is 5.69 Å². The molecule has 9 heteroatoms. The monoisotopic (exact) mass is 371 g/mol. The van der Waals surface area contributed by atoms with Gasteiger partial charge in [0.1, 0.15) is 12.7 Å². The summed E-state index contributed by atoms with van der Waals surface area (Å²) in [5, 5.41) is 6.70. The van der Waals surface area contributed by atoms with Gasteiger partial charge in [0.15, 0.2) is 0 Å². The Bertz CT molecular complexity index is 971. The zero-order valence-corrected chi connectivity index (χ0v) is 14.8. The van der Waals surface area contributed by atoms with E-state index in [9.17, 15) is 13.2 Å². The average molecular weight is 371 g/mol. The van der Waals surface area contributed by atoms with Crippen molar-refractivity contribution in [3.05, 3.63) is 67.3 Å². The molecule has 0 saturated heterocycles. The van der Waals surface area contributed by atoms with E-state index in [0.29, 0.717) is 5.69 Å². The van der Waals surface area contributed by atoms with Crippen molar-refractivity contribution < 1.29 is 13.2 Å². The Morgan fingerprint density at radius 2 is 1.81 bits per heavy atom. The first-order valence-electron chi connectivity index (χ1n) is 7.73. The number of nitrogens with one attached hydrogen (secondary N) is 1. The summed E-state index contributed by atoms with van der Waals surface area (Å²) in [5.74, 6) is -0.430. The van der Waals surface area contributed by atoms with Crippen molar-refractivity contribution in [1.29, 1.82) is 0 Å². The number of sulfonamides is 1. The standard InChI is InChI=1S/C17H17N5O3S/c1-21(26(24,25)16-5-3-2-4-6-16)11-17(23)20-14-7-9-15(10-8-14)22-13-18-12-19-22/h2-10,12-13H,11H2,1H3,(H,20,23). The van der Waals surface area contributed by atoms with Gasteiger partial charge in [-0.3, -0.25) is 4.79 Å². The van der Waals surface area contributed by atoms with Crippen molar-refractivity contribution in [3.63, 3.8) is 0 Å². The number of hydrogen-bond acceptors (Lipinski definition) is 5. The predicted octanol–water partition coefficient (Wildman–Crippen LogP) is 1.53. The fourth-order valence-electron chi connectivity index (χ4n) is 2.30. The van der Waals surface area contributed by atoms with E-state index in [1.54, 1.807) is 53.5 Å². The van der Waals surface area contributed by atoms with Crippen molar-refractivity contribution in [2.24, 2.45) is 0 Å². The molecule has 0 radical (unpaired) electrons. The Kier molecular flexibility index (Phi) is 5.10. The van der Waals surface area contributed by atoms with E-state index in [-0.39, 0.29) is 11.4 Å². The van der Waals surface area contributed by atoms with Crippen LogP contribution in [0.15, 0.2) is 72.1 Å². The van der Waals surface area contributed by atoms with Crippen molar-refractivity contribution in [3.8, 4) is 5.69 Å². The molecular formula is C17H17N5O3S. The smallest absolute Gasteiger partial charge is 0.243 e. The molecule has 3 rings (SSSR count). The molecule has 1 N–H and O–H groups in total. The van der Waals surface area contributed by atoms with Crippen LogP contribution in [0.1, 0.15) is 0 Å². The molecule has 0 bridgehead atoms. The summed E-state index contributed by atoms with van der Waals surface area (Å²) < 4.78 is 27.5. The molecule has 1 amide bonds. The number of nitrogens with zero attached hydrogens (tertiary/aromatic N) is 4. The van der Waals surface area contributed by atoms with Gasteiger partial charge in [0.25, 0.3) is 0 Å². The molecule has 0 aliphatic carbocycles. The summed E-state index contributed by atoms with van der Waals surface area (Å²) in [6, 6.07) is 15.0. The minimum Gasteiger partial charge on any atom is -0.325 e. The van der Waals surface area contributed by atoms with E-state index < -0.39 is 15.9 Å². The van der Waals surface area contributed by atoms with E-state index >= 15 is 0 Å². The van der Waals surface area contributed by atoms with Crippen LogP contribution in [0.3, 0.4) is 0 Å². The van der Waals surface area contributed by atoms with Crippen molar-refractivity contribution in [2.45, 2.75) is 4.90 Å². The molecule has 0 saturated carbocycles. The van der Waals surface area contributed by atoms with E-state index in [1.807, 2.05) is 0 Å². The largest absolute Gasteiger partial charge is 0.325 e. The highest BCUT2D eigenvalue weighted by atomic mass is 32.2. The molecule has 2 aromatic carbocycles. The summed E-state index contributed by atoms with van der Waals surface area (Å²) in [6.07, 6.45) is 3.00. The fourth-order valence-corrected chi connectivity index (χ4v) is 3.45. The third kappa shape index (κ3) is 3.95. The van der Waals surface area contributed by atoms with Gasteiger partial charge in [-0.2, -0.15) is 9.40 Å². The number of carbonyl (C=O) groups excluding carboxylic acids is 1. The van der Waals surface area contributed by atoms with Crippen molar-refractivity contribution in [2.75, 3.05) is 18.9 Å². The Labute approximate surface area is 151 Å². The molecule has 26 heavy (non-hydrogen) atoms. The quantitative estimate of drug-likeness (QED) is 0.709. The molecule has 1 heterocycles. The van der Waals surface area contributed by atoms with Gasteiger partial charge in [-0.1, -0.05) is 18.2 Å². The van der Waals surface area contributed by atoms with Gasteiger partial charge in [-0.15, -0.1) is 0 Å². The van der Waals surface area contributed by atoms with Crippen molar-refractivity contribution >= 4 is 21.6 Å². The molecule has 0 spiro atoms. The fraction of sp³-hybridized carbons (Fsp3) is 0.118. The van der Waals surface area contributed by atoms with E-state index in [0.717, 1.165) is 9.99 Å². The lowest BCUT2D eigenvalue weighted by Gasteiger charge is -2.17. The first kappa shape index (κ1) is 17.8. The Morgan fingerprint density at radius 3 is 2.42 bits per heavy atom.